The van der Waals surface area contributed by atoms with Gasteiger partial charge in [-0.05, 0) is 85.5 Å². The zero-order valence-corrected chi connectivity index (χ0v) is 27.9. The first-order valence-electron chi connectivity index (χ1n) is 16.8. The number of fused-ring (bicyclic) bond motifs is 1. The molecule has 2 saturated heterocycles. The molecule has 11 heteroatoms. The number of rotatable bonds is 10. The second-order valence-electron chi connectivity index (χ2n) is 14.8. The van der Waals surface area contributed by atoms with Gasteiger partial charge in [-0.25, -0.2) is 0 Å². The number of carbonyl (C=O) groups excluding carboxylic acids is 5. The Bertz CT molecular complexity index is 1560. The molecular weight excluding hydrogens is 596 g/mol. The summed E-state index contributed by atoms with van der Waals surface area (Å²) in [5, 5.41) is 8.85. The standard InChI is InChI=1S/C36H46N6O5/c1-35(2)22-36(3,4)34(35)39-30(44)23-7-10-25(11-8-23)41-19-17-40(18-20-41)16-6-5-15-37-24-9-12-26-27(21-24)33(47)42(32(26)46)28-13-14-29(43)38-31(28)45/h7-12,21,28,34,37H,5-6,13-20,22H2,1-4H3,(H,39,44)(H,38,43,45). The lowest BCUT2D eigenvalue weighted by atomic mass is 9.52. The molecule has 3 heterocycles. The van der Waals surface area contributed by atoms with E-state index in [4.69, 9.17) is 0 Å². The van der Waals surface area contributed by atoms with E-state index in [1.165, 1.54) is 0 Å². The van der Waals surface area contributed by atoms with E-state index >= 15 is 0 Å². The second-order valence-corrected chi connectivity index (χ2v) is 14.8. The molecule has 5 amide bonds. The van der Waals surface area contributed by atoms with E-state index in [1.807, 2.05) is 12.1 Å². The Morgan fingerprint density at radius 3 is 2.21 bits per heavy atom. The van der Waals surface area contributed by atoms with Gasteiger partial charge < -0.3 is 15.5 Å². The molecule has 4 aliphatic rings. The summed E-state index contributed by atoms with van der Waals surface area (Å²) in [5.41, 5.74) is 3.39. The van der Waals surface area contributed by atoms with Gasteiger partial charge in [0.2, 0.25) is 11.8 Å². The van der Waals surface area contributed by atoms with Crippen LogP contribution >= 0.6 is 0 Å². The van der Waals surface area contributed by atoms with Crippen LogP contribution in [-0.2, 0) is 9.59 Å². The number of carbonyl (C=O) groups is 5. The van der Waals surface area contributed by atoms with Gasteiger partial charge in [0, 0.05) is 62.1 Å². The number of nitrogens with zero attached hydrogens (tertiary/aromatic N) is 3. The predicted octanol–water partition coefficient (Wildman–Crippen LogP) is 3.66. The third kappa shape index (κ3) is 6.63. The van der Waals surface area contributed by atoms with Crippen molar-refractivity contribution in [3.63, 3.8) is 0 Å². The topological polar surface area (TPSA) is 131 Å². The molecule has 2 aromatic rings. The largest absolute Gasteiger partial charge is 0.385 e. The van der Waals surface area contributed by atoms with Crippen LogP contribution in [0.4, 0.5) is 11.4 Å². The monoisotopic (exact) mass is 642 g/mol. The fraction of sp³-hybridized carbons (Fsp3) is 0.528. The molecule has 6 rings (SSSR count). The number of piperidine rings is 1. The van der Waals surface area contributed by atoms with Crippen molar-refractivity contribution in [3.05, 3.63) is 59.2 Å². The molecule has 0 aromatic heterocycles. The molecule has 0 radical (unpaired) electrons. The number of amides is 5. The Hall–Kier alpha value is -4.25. The highest BCUT2D eigenvalue weighted by molar-refractivity contribution is 6.23. The molecule has 3 N–H and O–H groups in total. The number of nitrogens with one attached hydrogen (secondary N) is 3. The third-order valence-electron chi connectivity index (χ3n) is 10.3. The van der Waals surface area contributed by atoms with Gasteiger partial charge >= 0.3 is 0 Å². The molecule has 2 aromatic carbocycles. The van der Waals surface area contributed by atoms with E-state index in [-0.39, 0.29) is 46.7 Å². The van der Waals surface area contributed by atoms with Crippen LogP contribution in [-0.4, -0.2) is 90.7 Å². The van der Waals surface area contributed by atoms with E-state index in [0.29, 0.717) is 5.56 Å². The third-order valence-corrected chi connectivity index (χ3v) is 10.3. The number of imide groups is 2. The normalized spacial score (nSPS) is 22.5. The minimum Gasteiger partial charge on any atom is -0.385 e. The molecule has 47 heavy (non-hydrogen) atoms. The minimum absolute atomic E-state index is 0.00195. The van der Waals surface area contributed by atoms with E-state index in [2.05, 4.69) is 65.6 Å². The van der Waals surface area contributed by atoms with Gasteiger partial charge in [-0.1, -0.05) is 27.7 Å². The SMILES string of the molecule is CC1(C)CC(C)(C)C1NC(=O)c1ccc(N2CCN(CCCCNc3ccc4c(c3)C(=O)N(C3CCC(=O)NC3=O)C4=O)CC2)cc1. The quantitative estimate of drug-likeness (QED) is 0.265. The van der Waals surface area contributed by atoms with Crippen molar-refractivity contribution in [2.45, 2.75) is 71.9 Å². The van der Waals surface area contributed by atoms with Crippen molar-refractivity contribution in [1.82, 2.24) is 20.4 Å². The first-order chi connectivity index (χ1) is 22.3. The molecule has 1 aliphatic carbocycles. The molecule has 11 nitrogen and oxygen atoms in total. The molecule has 250 valence electrons. The highest BCUT2D eigenvalue weighted by atomic mass is 16.2. The summed E-state index contributed by atoms with van der Waals surface area (Å²) < 4.78 is 0. The van der Waals surface area contributed by atoms with Gasteiger partial charge in [0.15, 0.2) is 0 Å². The Morgan fingerprint density at radius 2 is 1.55 bits per heavy atom. The van der Waals surface area contributed by atoms with Crippen LogP contribution in [0.5, 0.6) is 0 Å². The van der Waals surface area contributed by atoms with Crippen molar-refractivity contribution in [1.29, 1.82) is 0 Å². The summed E-state index contributed by atoms with van der Waals surface area (Å²) in [6.07, 6.45) is 3.31. The summed E-state index contributed by atoms with van der Waals surface area (Å²) >= 11 is 0. The molecule has 1 unspecified atom stereocenters. The lowest BCUT2D eigenvalue weighted by molar-refractivity contribution is -0.136. The lowest BCUT2D eigenvalue weighted by Crippen LogP contribution is -2.63. The maximum Gasteiger partial charge on any atom is 0.262 e. The summed E-state index contributed by atoms with van der Waals surface area (Å²) in [4.78, 5) is 68.6. The molecule has 3 fully saturated rings. The fourth-order valence-corrected chi connectivity index (χ4v) is 8.24. The van der Waals surface area contributed by atoms with Crippen molar-refractivity contribution >= 4 is 40.9 Å². The zero-order chi connectivity index (χ0) is 33.5. The highest BCUT2D eigenvalue weighted by Crippen LogP contribution is 2.53. The smallest absolute Gasteiger partial charge is 0.262 e. The average Bonchev–Trinajstić information content (AvgIpc) is 3.28. The molecule has 1 atom stereocenters. The number of hydrogen-bond donors (Lipinski definition) is 3. The van der Waals surface area contributed by atoms with Crippen molar-refractivity contribution in [2.75, 3.05) is 49.5 Å². The highest BCUT2D eigenvalue weighted by Gasteiger charge is 2.53. The van der Waals surface area contributed by atoms with Crippen molar-refractivity contribution < 1.29 is 24.0 Å². The van der Waals surface area contributed by atoms with Crippen LogP contribution in [0.3, 0.4) is 0 Å². The Labute approximate surface area is 276 Å². The summed E-state index contributed by atoms with van der Waals surface area (Å²) in [7, 11) is 0. The summed E-state index contributed by atoms with van der Waals surface area (Å²) in [6.45, 7) is 14.4. The first-order valence-corrected chi connectivity index (χ1v) is 16.8. The van der Waals surface area contributed by atoms with Gasteiger partial charge in [0.05, 0.1) is 11.1 Å². The van der Waals surface area contributed by atoms with Gasteiger partial charge in [-0.15, -0.1) is 0 Å². The first kappa shape index (κ1) is 32.7. The van der Waals surface area contributed by atoms with Crippen LogP contribution in [0.15, 0.2) is 42.5 Å². The lowest BCUT2D eigenvalue weighted by Gasteiger charge is -2.57. The van der Waals surface area contributed by atoms with Gasteiger partial charge in [-0.3, -0.25) is 39.1 Å². The van der Waals surface area contributed by atoms with Crippen molar-refractivity contribution in [3.8, 4) is 0 Å². The van der Waals surface area contributed by atoms with Crippen LogP contribution in [0.2, 0.25) is 0 Å². The van der Waals surface area contributed by atoms with E-state index in [1.54, 1.807) is 18.2 Å². The fourth-order valence-electron chi connectivity index (χ4n) is 8.24. The van der Waals surface area contributed by atoms with E-state index in [9.17, 15) is 24.0 Å². The number of benzene rings is 2. The predicted molar refractivity (Wildman–Crippen MR) is 179 cm³/mol. The second kappa shape index (κ2) is 12.7. The minimum atomic E-state index is -0.963. The summed E-state index contributed by atoms with van der Waals surface area (Å²) in [6, 6.07) is 12.3. The van der Waals surface area contributed by atoms with E-state index < -0.39 is 29.7 Å². The van der Waals surface area contributed by atoms with E-state index in [0.717, 1.165) is 74.8 Å². The number of unbranched alkanes of at least 4 members (excludes halogenated alkanes) is 1. The number of anilines is 2. The molecule has 0 spiro atoms. The van der Waals surface area contributed by atoms with Gasteiger partial charge in [0.25, 0.3) is 17.7 Å². The van der Waals surface area contributed by atoms with Crippen molar-refractivity contribution in [2.24, 2.45) is 10.8 Å². The van der Waals surface area contributed by atoms with Crippen LogP contribution in [0, 0.1) is 10.8 Å². The maximum absolute atomic E-state index is 13.1. The molecule has 3 aliphatic heterocycles. The zero-order valence-electron chi connectivity index (χ0n) is 27.9. The van der Waals surface area contributed by atoms with Gasteiger partial charge in [-0.2, -0.15) is 0 Å². The molecule has 0 bridgehead atoms. The van der Waals surface area contributed by atoms with Crippen LogP contribution in [0.1, 0.15) is 90.9 Å². The Kier molecular flexibility index (Phi) is 8.86. The number of hydrogen-bond acceptors (Lipinski definition) is 8. The Morgan fingerprint density at radius 1 is 0.872 bits per heavy atom. The van der Waals surface area contributed by atoms with Crippen LogP contribution in [0.25, 0.3) is 0 Å². The maximum atomic E-state index is 13.1. The summed E-state index contributed by atoms with van der Waals surface area (Å²) in [5.74, 6) is -2.00. The average molecular weight is 643 g/mol. The molecular formula is C36H46N6O5. The van der Waals surface area contributed by atoms with Crippen LogP contribution < -0.4 is 20.9 Å². The van der Waals surface area contributed by atoms with Gasteiger partial charge in [0.1, 0.15) is 6.04 Å². The number of piperazine rings is 1. The Balaban J connectivity index is 0.908. The molecule has 1 saturated carbocycles.